The van der Waals surface area contributed by atoms with Crippen molar-refractivity contribution in [2.45, 2.75) is 32.2 Å². The molecule has 6 heteroatoms. The molecule has 0 radical (unpaired) electrons. The van der Waals surface area contributed by atoms with Crippen LogP contribution in [0.5, 0.6) is 0 Å². The van der Waals surface area contributed by atoms with Gasteiger partial charge in [-0.05, 0) is 26.2 Å². The zero-order valence-corrected chi connectivity index (χ0v) is 8.23. The van der Waals surface area contributed by atoms with Crippen LogP contribution in [0.4, 0.5) is 0 Å². The highest BCUT2D eigenvalue weighted by atomic mass is 16.5. The molecule has 6 nitrogen and oxygen atoms in total. The summed E-state index contributed by atoms with van der Waals surface area (Å²) in [5.74, 6) is -0.929. The average Bonchev–Trinajstić information content (AvgIpc) is 2.11. The molecule has 0 aliphatic carbocycles. The second-order valence-electron chi connectivity index (χ2n) is 3.15. The van der Waals surface area contributed by atoms with Gasteiger partial charge < -0.3 is 10.8 Å². The van der Waals surface area contributed by atoms with Crippen molar-refractivity contribution in [2.24, 2.45) is 5.73 Å². The van der Waals surface area contributed by atoms with Gasteiger partial charge in [0, 0.05) is 6.54 Å². The predicted octanol–water partition coefficient (Wildman–Crippen LogP) is 0.257. The van der Waals surface area contributed by atoms with Crippen LogP contribution in [-0.4, -0.2) is 39.8 Å². The molecule has 5 N–H and O–H groups in total. The van der Waals surface area contributed by atoms with Gasteiger partial charge in [-0.2, -0.15) is 0 Å². The number of hydrogen-bond donors (Lipinski definition) is 4. The molecule has 14 heavy (non-hydrogen) atoms. The Balaban J connectivity index is 3.47. The third-order valence-corrected chi connectivity index (χ3v) is 1.84. The van der Waals surface area contributed by atoms with Crippen molar-refractivity contribution in [3.63, 3.8) is 0 Å². The van der Waals surface area contributed by atoms with E-state index in [1.165, 1.54) is 6.92 Å². The van der Waals surface area contributed by atoms with Gasteiger partial charge in [0.25, 0.3) is 0 Å². The normalized spacial score (nSPS) is 12.2. The molecule has 0 fully saturated rings. The molecule has 0 aromatic rings. The number of nitrogens with one attached hydrogen (secondary N) is 1. The van der Waals surface area contributed by atoms with E-state index in [-0.39, 0.29) is 5.84 Å². The van der Waals surface area contributed by atoms with Crippen molar-refractivity contribution >= 4 is 11.8 Å². The van der Waals surface area contributed by atoms with Gasteiger partial charge >= 0.3 is 5.97 Å². The Morgan fingerprint density at radius 3 is 2.57 bits per heavy atom. The third kappa shape index (κ3) is 5.50. The fraction of sp³-hybridized carbons (Fsp3) is 0.750. The molecule has 0 aromatic heterocycles. The SMILES string of the molecule is CC(=N)N(O)CCCCC(N)C(=O)O. The highest BCUT2D eigenvalue weighted by molar-refractivity contribution is 5.74. The Labute approximate surface area is 82.8 Å². The summed E-state index contributed by atoms with van der Waals surface area (Å²) < 4.78 is 0. The summed E-state index contributed by atoms with van der Waals surface area (Å²) >= 11 is 0. The molecular weight excluding hydrogens is 186 g/mol. The minimum absolute atomic E-state index is 0.0764. The Morgan fingerprint density at radius 1 is 1.57 bits per heavy atom. The van der Waals surface area contributed by atoms with Crippen molar-refractivity contribution < 1.29 is 15.1 Å². The minimum Gasteiger partial charge on any atom is -0.480 e. The van der Waals surface area contributed by atoms with E-state index in [4.69, 9.17) is 21.5 Å². The van der Waals surface area contributed by atoms with Crippen molar-refractivity contribution in [3.05, 3.63) is 0 Å². The number of nitrogens with two attached hydrogens (primary N) is 1. The molecular formula is C8H17N3O3. The number of carboxylic acids is 1. The zero-order valence-electron chi connectivity index (χ0n) is 8.23. The lowest BCUT2D eigenvalue weighted by Gasteiger charge is -2.14. The highest BCUT2D eigenvalue weighted by Crippen LogP contribution is 2.00. The highest BCUT2D eigenvalue weighted by Gasteiger charge is 2.10. The maximum absolute atomic E-state index is 10.3. The fourth-order valence-corrected chi connectivity index (χ4v) is 0.917. The molecule has 0 saturated heterocycles. The van der Waals surface area contributed by atoms with E-state index in [9.17, 15) is 4.79 Å². The molecule has 0 spiro atoms. The summed E-state index contributed by atoms with van der Waals surface area (Å²) in [7, 11) is 0. The number of nitrogens with zero attached hydrogens (tertiary/aromatic N) is 1. The Morgan fingerprint density at radius 2 is 2.14 bits per heavy atom. The van der Waals surface area contributed by atoms with E-state index in [2.05, 4.69) is 0 Å². The largest absolute Gasteiger partial charge is 0.480 e. The standard InChI is InChI=1S/C8H17N3O3/c1-6(9)11(14)5-3-2-4-7(10)8(12)13/h7,9,14H,2-5,10H2,1H3,(H,12,13). The molecule has 1 unspecified atom stereocenters. The Kier molecular flexibility index (Phi) is 5.82. The number of rotatable bonds is 6. The molecule has 82 valence electrons. The number of carbonyl (C=O) groups is 1. The molecule has 0 amide bonds. The summed E-state index contributed by atoms with van der Waals surface area (Å²) in [5.41, 5.74) is 5.28. The van der Waals surface area contributed by atoms with Gasteiger partial charge in [-0.1, -0.05) is 0 Å². The first-order valence-electron chi connectivity index (χ1n) is 4.45. The number of aliphatic carboxylic acids is 1. The average molecular weight is 203 g/mol. The number of carboxylic acid groups (broad SMARTS) is 1. The monoisotopic (exact) mass is 203 g/mol. The maximum Gasteiger partial charge on any atom is 0.320 e. The van der Waals surface area contributed by atoms with Gasteiger partial charge in [0.05, 0.1) is 0 Å². The summed E-state index contributed by atoms with van der Waals surface area (Å²) in [4.78, 5) is 10.3. The van der Waals surface area contributed by atoms with Crippen LogP contribution in [0.1, 0.15) is 26.2 Å². The smallest absolute Gasteiger partial charge is 0.320 e. The van der Waals surface area contributed by atoms with E-state index in [0.29, 0.717) is 25.8 Å². The lowest BCUT2D eigenvalue weighted by atomic mass is 10.1. The van der Waals surface area contributed by atoms with Gasteiger partial charge in [0.2, 0.25) is 0 Å². The van der Waals surface area contributed by atoms with E-state index in [1.54, 1.807) is 0 Å². The number of unbranched alkanes of at least 4 members (excludes halogenated alkanes) is 1. The van der Waals surface area contributed by atoms with Crippen molar-refractivity contribution in [1.82, 2.24) is 5.06 Å². The van der Waals surface area contributed by atoms with Crippen molar-refractivity contribution in [2.75, 3.05) is 6.54 Å². The summed E-state index contributed by atoms with van der Waals surface area (Å²) in [6.07, 6.45) is 1.63. The maximum atomic E-state index is 10.3. The van der Waals surface area contributed by atoms with Crippen LogP contribution in [0.25, 0.3) is 0 Å². The van der Waals surface area contributed by atoms with E-state index in [1.807, 2.05) is 0 Å². The molecule has 0 aliphatic rings. The predicted molar refractivity (Wildman–Crippen MR) is 51.4 cm³/mol. The minimum atomic E-state index is -1.01. The van der Waals surface area contributed by atoms with Crippen LogP contribution in [0.2, 0.25) is 0 Å². The van der Waals surface area contributed by atoms with Crippen LogP contribution < -0.4 is 5.73 Å². The molecule has 0 saturated carbocycles. The van der Waals surface area contributed by atoms with Gasteiger partial charge in [-0.15, -0.1) is 0 Å². The lowest BCUT2D eigenvalue weighted by Crippen LogP contribution is -2.30. The first-order chi connectivity index (χ1) is 6.45. The van der Waals surface area contributed by atoms with Gasteiger partial charge in [-0.25, -0.2) is 5.06 Å². The summed E-state index contributed by atoms with van der Waals surface area (Å²) in [6.45, 7) is 1.81. The first kappa shape index (κ1) is 12.9. The number of hydroxylamine groups is 2. The van der Waals surface area contributed by atoms with Crippen LogP contribution >= 0.6 is 0 Å². The number of amidine groups is 1. The molecule has 0 bridgehead atoms. The summed E-state index contributed by atoms with van der Waals surface area (Å²) in [5, 5.41) is 25.4. The second kappa shape index (κ2) is 6.33. The van der Waals surface area contributed by atoms with Gasteiger partial charge in [0.15, 0.2) is 0 Å². The number of hydrogen-bond acceptors (Lipinski definition) is 4. The van der Waals surface area contributed by atoms with E-state index >= 15 is 0 Å². The topological polar surface area (TPSA) is 111 Å². The van der Waals surface area contributed by atoms with Crippen LogP contribution in [0, 0.1) is 5.41 Å². The van der Waals surface area contributed by atoms with Gasteiger partial charge in [-0.3, -0.25) is 15.4 Å². The Hall–Kier alpha value is -1.14. The molecule has 0 heterocycles. The lowest BCUT2D eigenvalue weighted by molar-refractivity contribution is -0.138. The molecule has 1 atom stereocenters. The Bertz CT molecular complexity index is 186. The third-order valence-electron chi connectivity index (χ3n) is 1.84. The van der Waals surface area contributed by atoms with Gasteiger partial charge in [0.1, 0.15) is 11.9 Å². The van der Waals surface area contributed by atoms with Crippen LogP contribution in [0.15, 0.2) is 0 Å². The van der Waals surface area contributed by atoms with Crippen LogP contribution in [0.3, 0.4) is 0 Å². The van der Waals surface area contributed by atoms with Crippen molar-refractivity contribution in [3.8, 4) is 0 Å². The zero-order chi connectivity index (χ0) is 11.1. The fourth-order valence-electron chi connectivity index (χ4n) is 0.917. The van der Waals surface area contributed by atoms with E-state index in [0.717, 1.165) is 5.06 Å². The quantitative estimate of drug-likeness (QED) is 0.214. The van der Waals surface area contributed by atoms with Crippen LogP contribution in [-0.2, 0) is 4.79 Å². The molecule has 0 aliphatic heterocycles. The van der Waals surface area contributed by atoms with Crippen molar-refractivity contribution in [1.29, 1.82) is 5.41 Å². The summed E-state index contributed by atoms with van der Waals surface area (Å²) in [6, 6.07) is -0.830. The molecule has 0 rings (SSSR count). The first-order valence-corrected chi connectivity index (χ1v) is 4.45. The second-order valence-corrected chi connectivity index (χ2v) is 3.15. The molecule has 0 aromatic carbocycles. The van der Waals surface area contributed by atoms with E-state index < -0.39 is 12.0 Å².